The van der Waals surface area contributed by atoms with E-state index in [4.69, 9.17) is 16.1 Å². The van der Waals surface area contributed by atoms with Gasteiger partial charge in [-0.1, -0.05) is 22.8 Å². The van der Waals surface area contributed by atoms with E-state index >= 15 is 0 Å². The number of nitrogens with zero attached hydrogens (tertiary/aromatic N) is 2. The van der Waals surface area contributed by atoms with Crippen LogP contribution in [0.2, 0.25) is 5.02 Å². The fourth-order valence-electron chi connectivity index (χ4n) is 3.36. The van der Waals surface area contributed by atoms with Gasteiger partial charge in [-0.25, -0.2) is 17.5 Å². The van der Waals surface area contributed by atoms with Gasteiger partial charge >= 0.3 is 0 Å². The van der Waals surface area contributed by atoms with E-state index in [9.17, 15) is 12.8 Å². The smallest absolute Gasteiger partial charge is 0.240 e. The molecule has 1 aromatic heterocycles. The van der Waals surface area contributed by atoms with E-state index in [-0.39, 0.29) is 16.8 Å². The first-order valence-electron chi connectivity index (χ1n) is 8.95. The van der Waals surface area contributed by atoms with E-state index in [0.717, 1.165) is 24.0 Å². The summed E-state index contributed by atoms with van der Waals surface area (Å²) in [6.45, 7) is 2.14. The van der Waals surface area contributed by atoms with Crippen molar-refractivity contribution in [1.29, 1.82) is 0 Å². The Bertz CT molecular complexity index is 1100. The Hall–Kier alpha value is -2.00. The molecule has 0 saturated carbocycles. The maximum Gasteiger partial charge on any atom is 0.240 e. The standard InChI is InChI=1S/C19H19ClFN3O3S/c20-13-3-1-4-16(9-13)28(25,26)23-15-11-24(12-15)8-2-5-18-17-7-6-14(21)10-19(17)27-22-18/h1,3-4,6-7,9-10,15,23H,2,5,8,11-12H2. The summed E-state index contributed by atoms with van der Waals surface area (Å²) in [7, 11) is -3.56. The highest BCUT2D eigenvalue weighted by atomic mass is 35.5. The van der Waals surface area contributed by atoms with Crippen LogP contribution in [-0.2, 0) is 16.4 Å². The first-order valence-corrected chi connectivity index (χ1v) is 10.8. The summed E-state index contributed by atoms with van der Waals surface area (Å²) in [4.78, 5) is 2.35. The zero-order valence-corrected chi connectivity index (χ0v) is 16.5. The van der Waals surface area contributed by atoms with Crippen LogP contribution in [0.3, 0.4) is 0 Å². The minimum atomic E-state index is -3.56. The van der Waals surface area contributed by atoms with E-state index in [1.165, 1.54) is 24.3 Å². The molecule has 6 nitrogen and oxygen atoms in total. The van der Waals surface area contributed by atoms with Crippen LogP contribution in [0, 0.1) is 5.82 Å². The van der Waals surface area contributed by atoms with Gasteiger partial charge in [0.1, 0.15) is 5.82 Å². The Labute approximate surface area is 167 Å². The van der Waals surface area contributed by atoms with Crippen LogP contribution >= 0.6 is 11.6 Å². The molecule has 1 saturated heterocycles. The predicted molar refractivity (Wildman–Crippen MR) is 104 cm³/mol. The fraction of sp³-hybridized carbons (Fsp3) is 0.316. The summed E-state index contributed by atoms with van der Waals surface area (Å²) in [5.41, 5.74) is 1.27. The quantitative estimate of drug-likeness (QED) is 0.631. The van der Waals surface area contributed by atoms with Gasteiger partial charge in [0.25, 0.3) is 0 Å². The number of sulfonamides is 1. The largest absolute Gasteiger partial charge is 0.356 e. The average molecular weight is 424 g/mol. The summed E-state index contributed by atoms with van der Waals surface area (Å²) in [6.07, 6.45) is 1.57. The van der Waals surface area contributed by atoms with Gasteiger partial charge in [-0.3, -0.25) is 0 Å². The second-order valence-electron chi connectivity index (χ2n) is 6.91. The molecule has 0 spiro atoms. The number of halogens is 2. The summed E-state index contributed by atoms with van der Waals surface area (Å²) in [5, 5.41) is 5.24. The number of rotatable bonds is 7. The molecule has 1 N–H and O–H groups in total. The Kier molecular flexibility index (Phi) is 5.37. The number of benzene rings is 2. The molecule has 0 atom stereocenters. The van der Waals surface area contributed by atoms with Crippen molar-refractivity contribution in [2.45, 2.75) is 23.8 Å². The van der Waals surface area contributed by atoms with Crippen LogP contribution < -0.4 is 4.72 Å². The highest BCUT2D eigenvalue weighted by Gasteiger charge is 2.30. The Balaban J connectivity index is 1.25. The predicted octanol–water partition coefficient (Wildman–Crippen LogP) is 3.22. The topological polar surface area (TPSA) is 75.4 Å². The lowest BCUT2D eigenvalue weighted by Crippen LogP contribution is -2.59. The van der Waals surface area contributed by atoms with Crippen molar-refractivity contribution in [3.63, 3.8) is 0 Å². The van der Waals surface area contributed by atoms with Gasteiger partial charge in [-0.05, 0) is 49.7 Å². The summed E-state index contributed by atoms with van der Waals surface area (Å²) in [5.74, 6) is -0.345. The Morgan fingerprint density at radius 2 is 2.07 bits per heavy atom. The molecule has 2 aromatic carbocycles. The molecular weight excluding hydrogens is 405 g/mol. The third kappa shape index (κ3) is 4.20. The molecule has 0 unspecified atom stereocenters. The molecule has 3 aromatic rings. The van der Waals surface area contributed by atoms with Gasteiger partial charge in [-0.15, -0.1) is 0 Å². The highest BCUT2D eigenvalue weighted by molar-refractivity contribution is 7.89. The Morgan fingerprint density at radius 3 is 2.86 bits per heavy atom. The Morgan fingerprint density at radius 1 is 1.25 bits per heavy atom. The molecule has 2 heterocycles. The van der Waals surface area contributed by atoms with Gasteiger partial charge in [-0.2, -0.15) is 0 Å². The molecule has 9 heteroatoms. The van der Waals surface area contributed by atoms with Crippen molar-refractivity contribution in [1.82, 2.24) is 14.8 Å². The lowest BCUT2D eigenvalue weighted by atomic mass is 10.1. The van der Waals surface area contributed by atoms with Crippen LogP contribution in [0.15, 0.2) is 51.9 Å². The van der Waals surface area contributed by atoms with Crippen LogP contribution in [0.25, 0.3) is 11.0 Å². The number of aryl methyl sites for hydroxylation is 1. The molecule has 0 aliphatic carbocycles. The van der Waals surface area contributed by atoms with Crippen LogP contribution in [0.5, 0.6) is 0 Å². The average Bonchev–Trinajstić information content (AvgIpc) is 3.01. The number of fused-ring (bicyclic) bond motifs is 1. The number of hydrogen-bond acceptors (Lipinski definition) is 5. The van der Waals surface area contributed by atoms with E-state index in [1.807, 2.05) is 0 Å². The summed E-state index contributed by atoms with van der Waals surface area (Å²) < 4.78 is 45.8. The summed E-state index contributed by atoms with van der Waals surface area (Å²) >= 11 is 5.87. The molecule has 1 aliphatic rings. The first kappa shape index (κ1) is 19.3. The molecule has 1 aliphatic heterocycles. The molecule has 0 bridgehead atoms. The maximum absolute atomic E-state index is 13.2. The second kappa shape index (κ2) is 7.79. The first-order chi connectivity index (χ1) is 13.4. The highest BCUT2D eigenvalue weighted by Crippen LogP contribution is 2.21. The minimum absolute atomic E-state index is 0.111. The fourth-order valence-corrected chi connectivity index (χ4v) is 4.88. The second-order valence-corrected chi connectivity index (χ2v) is 9.06. The monoisotopic (exact) mass is 423 g/mol. The van der Waals surface area contributed by atoms with E-state index in [1.54, 1.807) is 18.2 Å². The van der Waals surface area contributed by atoms with Crippen LogP contribution in [0.4, 0.5) is 4.39 Å². The van der Waals surface area contributed by atoms with Gasteiger partial charge < -0.3 is 9.42 Å². The maximum atomic E-state index is 13.2. The van der Waals surface area contributed by atoms with Crippen molar-refractivity contribution in [3.8, 4) is 0 Å². The van der Waals surface area contributed by atoms with E-state index in [0.29, 0.717) is 30.1 Å². The number of nitrogens with one attached hydrogen (secondary N) is 1. The lowest BCUT2D eigenvalue weighted by molar-refractivity contribution is 0.139. The lowest BCUT2D eigenvalue weighted by Gasteiger charge is -2.39. The van der Waals surface area contributed by atoms with Crippen molar-refractivity contribution in [2.75, 3.05) is 19.6 Å². The number of likely N-dealkylation sites (tertiary alicyclic amines) is 1. The number of hydrogen-bond donors (Lipinski definition) is 1. The molecule has 148 valence electrons. The van der Waals surface area contributed by atoms with Gasteiger partial charge in [0, 0.05) is 35.6 Å². The molecule has 0 amide bonds. The summed E-state index contributed by atoms with van der Waals surface area (Å²) in [6, 6.07) is 10.5. The van der Waals surface area contributed by atoms with Gasteiger partial charge in [0.15, 0.2) is 5.58 Å². The van der Waals surface area contributed by atoms with Crippen LogP contribution in [-0.4, -0.2) is 44.2 Å². The van der Waals surface area contributed by atoms with Crippen molar-refractivity contribution < 1.29 is 17.3 Å². The zero-order chi connectivity index (χ0) is 19.7. The molecule has 1 fully saturated rings. The molecule has 28 heavy (non-hydrogen) atoms. The normalized spacial score (nSPS) is 15.8. The van der Waals surface area contributed by atoms with Crippen molar-refractivity contribution in [2.24, 2.45) is 0 Å². The zero-order valence-electron chi connectivity index (χ0n) is 14.9. The molecular formula is C19H19ClFN3O3S. The van der Waals surface area contributed by atoms with Crippen molar-refractivity contribution >= 4 is 32.6 Å². The van der Waals surface area contributed by atoms with Gasteiger partial charge in [0.2, 0.25) is 10.0 Å². The third-order valence-corrected chi connectivity index (χ3v) is 6.54. The third-order valence-electron chi connectivity index (χ3n) is 4.78. The minimum Gasteiger partial charge on any atom is -0.356 e. The van der Waals surface area contributed by atoms with Crippen molar-refractivity contribution in [3.05, 3.63) is 59.0 Å². The van der Waals surface area contributed by atoms with Crippen LogP contribution in [0.1, 0.15) is 12.1 Å². The molecule has 4 rings (SSSR count). The van der Waals surface area contributed by atoms with E-state index < -0.39 is 10.0 Å². The number of aromatic nitrogens is 1. The van der Waals surface area contributed by atoms with Gasteiger partial charge in [0.05, 0.1) is 10.6 Å². The van der Waals surface area contributed by atoms with E-state index in [2.05, 4.69) is 14.8 Å². The SMILES string of the molecule is O=S(=O)(NC1CN(CCCc2noc3cc(F)ccc23)C1)c1cccc(Cl)c1. The molecule has 0 radical (unpaired) electrons.